The second-order valence-corrected chi connectivity index (χ2v) is 1.85. The highest BCUT2D eigenvalue weighted by molar-refractivity contribution is 5.74. The van der Waals surface area contributed by atoms with Gasteiger partial charge in [-0.15, -0.1) is 0 Å². The van der Waals surface area contributed by atoms with E-state index in [0.29, 0.717) is 6.42 Å². The van der Waals surface area contributed by atoms with E-state index >= 15 is 0 Å². The van der Waals surface area contributed by atoms with E-state index in [1.54, 1.807) is 0 Å². The summed E-state index contributed by atoms with van der Waals surface area (Å²) in [7, 11) is 0. The number of carbonyl (C=O) groups excluding carboxylic acids is 1. The van der Waals surface area contributed by atoms with Crippen LogP contribution in [0.2, 0.25) is 0 Å². The molecular weight excluding hydrogens is 158 g/mol. The molecule has 0 unspecified atom stereocenters. The van der Waals surface area contributed by atoms with Gasteiger partial charge in [0.2, 0.25) is 5.91 Å². The standard InChI is InChI=1S/C6H13NO3.C2H6/c1-2-3-6(9)7-10-5-4-8;1-2/h8H,2-5H2,1H3,(H,7,9);1-2H3. The topological polar surface area (TPSA) is 58.6 Å². The minimum atomic E-state index is -0.143. The summed E-state index contributed by atoms with van der Waals surface area (Å²) in [6, 6.07) is 0. The van der Waals surface area contributed by atoms with Gasteiger partial charge in [-0.3, -0.25) is 9.63 Å². The van der Waals surface area contributed by atoms with Crippen LogP contribution in [0.1, 0.15) is 33.6 Å². The van der Waals surface area contributed by atoms with Crippen molar-refractivity contribution in [1.82, 2.24) is 5.48 Å². The molecule has 0 saturated carbocycles. The van der Waals surface area contributed by atoms with Crippen LogP contribution in [0, 0.1) is 0 Å². The summed E-state index contributed by atoms with van der Waals surface area (Å²) in [5, 5.41) is 8.23. The Morgan fingerprint density at radius 2 is 2.08 bits per heavy atom. The predicted molar refractivity (Wildman–Crippen MR) is 47.4 cm³/mol. The van der Waals surface area contributed by atoms with Crippen LogP contribution in [0.25, 0.3) is 0 Å². The molecule has 1 amide bonds. The number of hydrogen-bond acceptors (Lipinski definition) is 3. The smallest absolute Gasteiger partial charge is 0.243 e. The molecule has 0 spiro atoms. The van der Waals surface area contributed by atoms with Gasteiger partial charge in [-0.1, -0.05) is 20.8 Å². The molecule has 0 aromatic rings. The van der Waals surface area contributed by atoms with Crippen LogP contribution in [-0.2, 0) is 9.63 Å². The lowest BCUT2D eigenvalue weighted by Crippen LogP contribution is -2.24. The molecule has 0 aromatic carbocycles. The van der Waals surface area contributed by atoms with E-state index in [4.69, 9.17) is 5.11 Å². The van der Waals surface area contributed by atoms with E-state index in [-0.39, 0.29) is 19.1 Å². The zero-order valence-electron chi connectivity index (χ0n) is 8.09. The van der Waals surface area contributed by atoms with Crippen LogP contribution in [0.4, 0.5) is 0 Å². The zero-order valence-corrected chi connectivity index (χ0v) is 8.09. The molecule has 0 aliphatic carbocycles. The van der Waals surface area contributed by atoms with Crippen LogP contribution < -0.4 is 5.48 Å². The first-order valence-electron chi connectivity index (χ1n) is 4.32. The van der Waals surface area contributed by atoms with Gasteiger partial charge in [0.15, 0.2) is 0 Å². The predicted octanol–water partition coefficient (Wildman–Crippen LogP) is 0.853. The Balaban J connectivity index is 0. The molecule has 0 atom stereocenters. The molecule has 0 saturated heterocycles. The molecule has 0 radical (unpaired) electrons. The Morgan fingerprint density at radius 1 is 1.50 bits per heavy atom. The highest BCUT2D eigenvalue weighted by atomic mass is 16.7. The monoisotopic (exact) mass is 177 g/mol. The second-order valence-electron chi connectivity index (χ2n) is 1.85. The lowest BCUT2D eigenvalue weighted by Gasteiger charge is -2.01. The number of carbonyl (C=O) groups is 1. The van der Waals surface area contributed by atoms with Crippen LogP contribution in [0.5, 0.6) is 0 Å². The maximum atomic E-state index is 10.6. The maximum Gasteiger partial charge on any atom is 0.243 e. The van der Waals surface area contributed by atoms with Crippen LogP contribution >= 0.6 is 0 Å². The molecule has 0 bridgehead atoms. The van der Waals surface area contributed by atoms with E-state index in [2.05, 4.69) is 10.3 Å². The van der Waals surface area contributed by atoms with Crippen molar-refractivity contribution in [2.75, 3.05) is 13.2 Å². The Hall–Kier alpha value is -0.610. The van der Waals surface area contributed by atoms with E-state index in [9.17, 15) is 4.79 Å². The van der Waals surface area contributed by atoms with Crippen molar-refractivity contribution >= 4 is 5.91 Å². The molecule has 74 valence electrons. The molecule has 2 N–H and O–H groups in total. The van der Waals surface area contributed by atoms with Crippen molar-refractivity contribution in [3.63, 3.8) is 0 Å². The Bertz CT molecular complexity index is 96.3. The largest absolute Gasteiger partial charge is 0.394 e. The van der Waals surface area contributed by atoms with Gasteiger partial charge >= 0.3 is 0 Å². The van der Waals surface area contributed by atoms with Crippen LogP contribution in [0.15, 0.2) is 0 Å². The minimum absolute atomic E-state index is 0.0770. The quantitative estimate of drug-likeness (QED) is 0.483. The third kappa shape index (κ3) is 12.1. The van der Waals surface area contributed by atoms with E-state index < -0.39 is 0 Å². The molecule has 0 rings (SSSR count). The molecule has 0 aliphatic rings. The van der Waals surface area contributed by atoms with Gasteiger partial charge in [0.25, 0.3) is 0 Å². The fourth-order valence-electron chi connectivity index (χ4n) is 0.455. The van der Waals surface area contributed by atoms with Gasteiger partial charge in [0, 0.05) is 6.42 Å². The summed E-state index contributed by atoms with van der Waals surface area (Å²) in [5.74, 6) is -0.143. The molecule has 0 aromatic heterocycles. The zero-order chi connectivity index (χ0) is 9.82. The van der Waals surface area contributed by atoms with Gasteiger partial charge in [0.05, 0.1) is 13.2 Å². The first-order chi connectivity index (χ1) is 5.81. The van der Waals surface area contributed by atoms with Gasteiger partial charge in [-0.05, 0) is 6.42 Å². The number of aliphatic hydroxyl groups is 1. The summed E-state index contributed by atoms with van der Waals surface area (Å²) in [4.78, 5) is 15.1. The molecule has 4 heteroatoms. The summed E-state index contributed by atoms with van der Waals surface area (Å²) >= 11 is 0. The number of hydrogen-bond donors (Lipinski definition) is 2. The van der Waals surface area contributed by atoms with Crippen molar-refractivity contribution in [3.8, 4) is 0 Å². The van der Waals surface area contributed by atoms with E-state index in [0.717, 1.165) is 6.42 Å². The first-order valence-corrected chi connectivity index (χ1v) is 4.32. The summed E-state index contributed by atoms with van der Waals surface area (Å²) < 4.78 is 0. The number of aliphatic hydroxyl groups excluding tert-OH is 1. The average Bonchev–Trinajstić information content (AvgIpc) is 2.09. The fourth-order valence-corrected chi connectivity index (χ4v) is 0.455. The summed E-state index contributed by atoms with van der Waals surface area (Å²) in [5.41, 5.74) is 2.19. The molecule has 4 nitrogen and oxygen atoms in total. The number of nitrogens with one attached hydrogen (secondary N) is 1. The Labute approximate surface area is 73.9 Å². The first kappa shape index (κ1) is 13.9. The van der Waals surface area contributed by atoms with Crippen molar-refractivity contribution in [1.29, 1.82) is 0 Å². The number of hydroxylamine groups is 1. The van der Waals surface area contributed by atoms with Crippen LogP contribution in [-0.4, -0.2) is 24.2 Å². The SMILES string of the molecule is CC.CCCC(=O)NOCCO. The average molecular weight is 177 g/mol. The highest BCUT2D eigenvalue weighted by Crippen LogP contribution is 1.84. The molecule has 0 heterocycles. The number of rotatable bonds is 5. The van der Waals surface area contributed by atoms with Gasteiger partial charge in [0.1, 0.15) is 0 Å². The molecule has 0 fully saturated rings. The van der Waals surface area contributed by atoms with E-state index in [1.807, 2.05) is 20.8 Å². The van der Waals surface area contributed by atoms with Gasteiger partial charge in [-0.25, -0.2) is 5.48 Å². The van der Waals surface area contributed by atoms with Gasteiger partial charge < -0.3 is 5.11 Å². The normalized spacial score (nSPS) is 8.33. The molecule has 12 heavy (non-hydrogen) atoms. The summed E-state index contributed by atoms with van der Waals surface area (Å²) in [6.07, 6.45) is 1.26. The summed E-state index contributed by atoms with van der Waals surface area (Å²) in [6.45, 7) is 5.98. The lowest BCUT2D eigenvalue weighted by molar-refractivity contribution is -0.134. The van der Waals surface area contributed by atoms with Crippen molar-refractivity contribution in [2.45, 2.75) is 33.6 Å². The van der Waals surface area contributed by atoms with Crippen molar-refractivity contribution < 1.29 is 14.7 Å². The Kier molecular flexibility index (Phi) is 15.1. The third-order valence-corrected chi connectivity index (χ3v) is 0.856. The van der Waals surface area contributed by atoms with E-state index in [1.165, 1.54) is 0 Å². The Morgan fingerprint density at radius 3 is 2.50 bits per heavy atom. The fraction of sp³-hybridized carbons (Fsp3) is 0.875. The third-order valence-electron chi connectivity index (χ3n) is 0.856. The molecule has 0 aliphatic heterocycles. The van der Waals surface area contributed by atoms with Crippen molar-refractivity contribution in [2.24, 2.45) is 0 Å². The lowest BCUT2D eigenvalue weighted by atomic mass is 10.3. The maximum absolute atomic E-state index is 10.6. The van der Waals surface area contributed by atoms with Crippen LogP contribution in [0.3, 0.4) is 0 Å². The second kappa shape index (κ2) is 13.0. The van der Waals surface area contributed by atoms with Crippen molar-refractivity contribution in [3.05, 3.63) is 0 Å². The van der Waals surface area contributed by atoms with Gasteiger partial charge in [-0.2, -0.15) is 0 Å². The molecular formula is C8H19NO3. The minimum Gasteiger partial charge on any atom is -0.394 e. The number of amides is 1. The highest BCUT2D eigenvalue weighted by Gasteiger charge is 1.96.